The molecule has 0 atom stereocenters. The fourth-order valence-corrected chi connectivity index (χ4v) is 2.75. The van der Waals surface area contributed by atoms with Crippen LogP contribution < -0.4 is 10.9 Å². The number of hydrogen-bond donors (Lipinski definition) is 2. The molecule has 0 aliphatic rings. The van der Waals surface area contributed by atoms with Gasteiger partial charge in [0.05, 0.1) is 0 Å². The zero-order valence-electron chi connectivity index (χ0n) is 17.3. The molecule has 2 amide bonds. The summed E-state index contributed by atoms with van der Waals surface area (Å²) in [5.41, 5.74) is 7.80. The van der Waals surface area contributed by atoms with E-state index in [1.807, 2.05) is 39.8 Å². The van der Waals surface area contributed by atoms with E-state index in [0.29, 0.717) is 11.3 Å². The quantitative estimate of drug-likeness (QED) is 0.600. The van der Waals surface area contributed by atoms with E-state index in [1.165, 1.54) is 11.6 Å². The Hall–Kier alpha value is -2.30. The topological polar surface area (TPSA) is 61.4 Å². The highest BCUT2D eigenvalue weighted by Crippen LogP contribution is 2.22. The van der Waals surface area contributed by atoms with Crippen LogP contribution in [-0.2, 0) is 10.2 Å². The van der Waals surface area contributed by atoms with Gasteiger partial charge in [-0.05, 0) is 57.7 Å². The fraction of sp³-hybridized carbons (Fsp3) is 0.524. The second kappa shape index (κ2) is 8.88. The molecule has 0 saturated heterocycles. The first kappa shape index (κ1) is 21.7. The normalized spacial score (nSPS) is 12.3. The fourth-order valence-electron chi connectivity index (χ4n) is 2.75. The van der Waals surface area contributed by atoms with Crippen LogP contribution in [0.4, 0.5) is 0 Å². The minimum Gasteiger partial charge on any atom is -0.334 e. The number of carbonyl (C=O) groups excluding carboxylic acids is 2. The first-order valence-electron chi connectivity index (χ1n) is 9.11. The molecule has 0 saturated carbocycles. The molecule has 0 radical (unpaired) electrons. The lowest BCUT2D eigenvalue weighted by atomic mass is 9.87. The van der Waals surface area contributed by atoms with Crippen molar-refractivity contribution in [1.29, 1.82) is 0 Å². The van der Waals surface area contributed by atoms with Gasteiger partial charge in [0.2, 0.25) is 5.91 Å². The molecule has 0 aromatic heterocycles. The van der Waals surface area contributed by atoms with Gasteiger partial charge < -0.3 is 10.3 Å². The Balaban J connectivity index is 2.70. The molecule has 5 heteroatoms. The van der Waals surface area contributed by atoms with Gasteiger partial charge in [-0.15, -0.1) is 0 Å². The Bertz CT molecular complexity index is 645. The lowest BCUT2D eigenvalue weighted by Crippen LogP contribution is -2.42. The predicted molar refractivity (Wildman–Crippen MR) is 107 cm³/mol. The van der Waals surface area contributed by atoms with Gasteiger partial charge in [0.25, 0.3) is 5.91 Å². The number of allylic oxidation sites excluding steroid dienone is 1. The molecule has 0 aliphatic carbocycles. The van der Waals surface area contributed by atoms with E-state index >= 15 is 0 Å². The van der Waals surface area contributed by atoms with Gasteiger partial charge in [-0.3, -0.25) is 15.0 Å². The van der Waals surface area contributed by atoms with Crippen molar-refractivity contribution in [2.45, 2.75) is 72.9 Å². The van der Waals surface area contributed by atoms with Crippen LogP contribution in [0.3, 0.4) is 0 Å². The molecule has 1 aromatic rings. The Morgan fingerprint density at radius 3 is 1.88 bits per heavy atom. The number of rotatable bonds is 6. The van der Waals surface area contributed by atoms with Gasteiger partial charge in [0, 0.05) is 29.4 Å². The molecule has 26 heavy (non-hydrogen) atoms. The zero-order chi connectivity index (χ0) is 20.1. The number of amides is 2. The Morgan fingerprint density at radius 1 is 0.962 bits per heavy atom. The first-order chi connectivity index (χ1) is 11.9. The van der Waals surface area contributed by atoms with Crippen LogP contribution >= 0.6 is 0 Å². The van der Waals surface area contributed by atoms with Gasteiger partial charge in [0.15, 0.2) is 0 Å². The van der Waals surface area contributed by atoms with Crippen molar-refractivity contribution in [2.24, 2.45) is 0 Å². The van der Waals surface area contributed by atoms with Crippen LogP contribution in [0.15, 0.2) is 36.0 Å². The van der Waals surface area contributed by atoms with Crippen molar-refractivity contribution in [2.75, 3.05) is 0 Å². The van der Waals surface area contributed by atoms with E-state index in [1.54, 1.807) is 24.0 Å². The number of benzene rings is 1. The summed E-state index contributed by atoms with van der Waals surface area (Å²) in [6, 6.07) is 7.77. The van der Waals surface area contributed by atoms with E-state index in [0.717, 1.165) is 0 Å². The highest BCUT2D eigenvalue weighted by molar-refractivity contribution is 5.94. The molecule has 144 valence electrons. The maximum atomic E-state index is 12.4. The average molecular weight is 360 g/mol. The zero-order valence-corrected chi connectivity index (χ0v) is 17.3. The summed E-state index contributed by atoms with van der Waals surface area (Å²) >= 11 is 0. The molecule has 5 nitrogen and oxygen atoms in total. The van der Waals surface area contributed by atoms with Gasteiger partial charge in [0.1, 0.15) is 0 Å². The number of hydrazine groups is 1. The Morgan fingerprint density at radius 2 is 1.46 bits per heavy atom. The molecule has 2 N–H and O–H groups in total. The molecular formula is C21H33N3O2. The Labute approximate surface area is 157 Å². The maximum absolute atomic E-state index is 12.4. The summed E-state index contributed by atoms with van der Waals surface area (Å²) in [4.78, 5) is 26.4. The van der Waals surface area contributed by atoms with Crippen LogP contribution in [0, 0.1) is 0 Å². The van der Waals surface area contributed by atoms with E-state index in [4.69, 9.17) is 0 Å². The van der Waals surface area contributed by atoms with Crippen molar-refractivity contribution in [1.82, 2.24) is 15.8 Å². The minimum atomic E-state index is -0.241. The first-order valence-corrected chi connectivity index (χ1v) is 9.11. The van der Waals surface area contributed by atoms with Gasteiger partial charge in [-0.2, -0.15) is 0 Å². The molecule has 1 aromatic carbocycles. The molecular weight excluding hydrogens is 326 g/mol. The summed E-state index contributed by atoms with van der Waals surface area (Å²) in [6.45, 7) is 16.1. The molecule has 0 heterocycles. The summed E-state index contributed by atoms with van der Waals surface area (Å²) in [5.74, 6) is -0.320. The second-order valence-electron chi connectivity index (χ2n) is 8.17. The highest BCUT2D eigenvalue weighted by atomic mass is 16.2. The van der Waals surface area contributed by atoms with Gasteiger partial charge in [-0.1, -0.05) is 32.9 Å². The Kier molecular flexibility index (Phi) is 7.42. The average Bonchev–Trinajstić information content (AvgIpc) is 2.51. The summed E-state index contributed by atoms with van der Waals surface area (Å²) < 4.78 is 0. The third-order valence-electron chi connectivity index (χ3n) is 4.09. The van der Waals surface area contributed by atoms with Crippen LogP contribution in [0.25, 0.3) is 0 Å². The van der Waals surface area contributed by atoms with E-state index < -0.39 is 0 Å². The van der Waals surface area contributed by atoms with Crippen LogP contribution in [-0.4, -0.2) is 28.8 Å². The molecule has 1 rings (SSSR count). The highest BCUT2D eigenvalue weighted by Gasteiger charge is 2.18. The lowest BCUT2D eigenvalue weighted by Gasteiger charge is -2.29. The predicted octanol–water partition coefficient (Wildman–Crippen LogP) is 3.77. The summed E-state index contributed by atoms with van der Waals surface area (Å²) in [5, 5.41) is 0. The maximum Gasteiger partial charge on any atom is 0.269 e. The molecule has 0 spiro atoms. The van der Waals surface area contributed by atoms with Crippen molar-refractivity contribution >= 4 is 11.8 Å². The standard InChI is InChI=1S/C21H33N3O2/c1-14(2)24(15(3)4)19(25)13-16(5)22-23-20(26)17-9-11-18(12-10-17)21(6,7)8/h9-15,22H,1-8H3,(H,23,26). The summed E-state index contributed by atoms with van der Waals surface area (Å²) in [7, 11) is 0. The molecule has 0 bridgehead atoms. The molecule has 0 unspecified atom stereocenters. The van der Waals surface area contributed by atoms with Gasteiger partial charge >= 0.3 is 0 Å². The van der Waals surface area contributed by atoms with Crippen molar-refractivity contribution < 1.29 is 9.59 Å². The second-order valence-corrected chi connectivity index (χ2v) is 8.17. The van der Waals surface area contributed by atoms with E-state index in [-0.39, 0.29) is 29.3 Å². The van der Waals surface area contributed by atoms with Crippen molar-refractivity contribution in [3.05, 3.63) is 47.2 Å². The van der Waals surface area contributed by atoms with Crippen molar-refractivity contribution in [3.63, 3.8) is 0 Å². The van der Waals surface area contributed by atoms with Crippen LogP contribution in [0.2, 0.25) is 0 Å². The third kappa shape index (κ3) is 6.21. The number of nitrogens with zero attached hydrogens (tertiary/aromatic N) is 1. The van der Waals surface area contributed by atoms with E-state index in [2.05, 4.69) is 31.6 Å². The number of carbonyl (C=O) groups is 2. The van der Waals surface area contributed by atoms with Crippen LogP contribution in [0.1, 0.15) is 71.3 Å². The largest absolute Gasteiger partial charge is 0.334 e. The number of nitrogens with one attached hydrogen (secondary N) is 2. The number of hydrogen-bond acceptors (Lipinski definition) is 3. The molecule has 0 fully saturated rings. The van der Waals surface area contributed by atoms with Crippen molar-refractivity contribution in [3.8, 4) is 0 Å². The smallest absolute Gasteiger partial charge is 0.269 e. The van der Waals surface area contributed by atoms with E-state index in [9.17, 15) is 9.59 Å². The SMILES string of the molecule is CC(=CC(=O)N(C(C)C)C(C)C)NNC(=O)c1ccc(C(C)(C)C)cc1. The molecule has 0 aliphatic heterocycles. The lowest BCUT2D eigenvalue weighted by molar-refractivity contribution is -0.129. The van der Waals surface area contributed by atoms with Crippen LogP contribution in [0.5, 0.6) is 0 Å². The third-order valence-corrected chi connectivity index (χ3v) is 4.09. The minimum absolute atomic E-state index is 0.0473. The monoisotopic (exact) mass is 359 g/mol. The van der Waals surface area contributed by atoms with Gasteiger partial charge in [-0.25, -0.2) is 0 Å². The summed E-state index contributed by atoms with van der Waals surface area (Å²) in [6.07, 6.45) is 1.50.